The van der Waals surface area contributed by atoms with E-state index in [1.165, 1.54) is 6.92 Å². The van der Waals surface area contributed by atoms with Gasteiger partial charge in [0, 0.05) is 0 Å². The lowest BCUT2D eigenvalue weighted by Crippen LogP contribution is -2.23. The van der Waals surface area contributed by atoms with Crippen LogP contribution >= 0.6 is 0 Å². The fraction of sp³-hybridized carbons (Fsp3) is 0.625. The van der Waals surface area contributed by atoms with E-state index in [1.807, 2.05) is 0 Å². The summed E-state index contributed by atoms with van der Waals surface area (Å²) in [6.45, 7) is 1.21. The minimum Gasteiger partial charge on any atom is -0.508 e. The molecule has 5 heteroatoms. The normalized spacial score (nSPS) is 27.2. The van der Waals surface area contributed by atoms with Gasteiger partial charge >= 0.3 is 0 Å². The van der Waals surface area contributed by atoms with Crippen LogP contribution in [0.4, 0.5) is 0 Å². The Bertz CT molecular complexity index is 243. The number of aliphatic hydroxyl groups is 3. The van der Waals surface area contributed by atoms with Crippen LogP contribution in [-0.4, -0.2) is 40.4 Å². The fourth-order valence-corrected chi connectivity index (χ4v) is 1.11. The molecule has 1 rings (SSSR count). The minimum absolute atomic E-state index is 0.0271. The van der Waals surface area contributed by atoms with Crippen molar-refractivity contribution in [2.75, 3.05) is 13.2 Å². The van der Waals surface area contributed by atoms with Crippen molar-refractivity contribution < 1.29 is 24.9 Å². The molecule has 74 valence electrons. The predicted molar refractivity (Wildman–Crippen MR) is 43.3 cm³/mol. The fourth-order valence-electron chi connectivity index (χ4n) is 1.11. The van der Waals surface area contributed by atoms with E-state index in [0.29, 0.717) is 0 Å². The van der Waals surface area contributed by atoms with E-state index in [-0.39, 0.29) is 13.2 Å². The van der Waals surface area contributed by atoms with Crippen LogP contribution in [0.2, 0.25) is 0 Å². The summed E-state index contributed by atoms with van der Waals surface area (Å²) in [6.07, 6.45) is -0.868. The zero-order valence-electron chi connectivity index (χ0n) is 7.23. The number of ketones is 1. The molecule has 0 amide bonds. The molecule has 0 spiro atoms. The number of carbonyl (C=O) groups excluding carboxylic acids is 1. The lowest BCUT2D eigenvalue weighted by Gasteiger charge is -2.16. The van der Waals surface area contributed by atoms with Gasteiger partial charge in [-0.1, -0.05) is 0 Å². The van der Waals surface area contributed by atoms with Gasteiger partial charge in [-0.25, -0.2) is 0 Å². The third kappa shape index (κ3) is 1.99. The monoisotopic (exact) mass is 188 g/mol. The molecule has 2 atom stereocenters. The number of rotatable bonds is 1. The molecule has 2 unspecified atom stereocenters. The third-order valence-electron chi connectivity index (χ3n) is 1.97. The first kappa shape index (κ1) is 10.0. The smallest absolute Gasteiger partial charge is 0.226 e. The molecule has 0 aromatic carbocycles. The maximum Gasteiger partial charge on any atom is 0.226 e. The van der Waals surface area contributed by atoms with E-state index in [9.17, 15) is 15.0 Å². The quantitative estimate of drug-likeness (QED) is 0.535. The Morgan fingerprint density at radius 3 is 2.69 bits per heavy atom. The van der Waals surface area contributed by atoms with E-state index in [1.54, 1.807) is 0 Å². The van der Waals surface area contributed by atoms with E-state index < -0.39 is 29.3 Å². The number of Topliss-reactive ketones (excluding diaryl/α,β-unsaturated/α-hetero) is 1. The highest BCUT2D eigenvalue weighted by atomic mass is 16.5. The second kappa shape index (κ2) is 3.76. The topological polar surface area (TPSA) is 87.0 Å². The van der Waals surface area contributed by atoms with Crippen molar-refractivity contribution in [2.45, 2.75) is 13.0 Å². The first-order valence-electron chi connectivity index (χ1n) is 3.95. The van der Waals surface area contributed by atoms with Gasteiger partial charge in [-0.3, -0.25) is 4.79 Å². The Hall–Kier alpha value is -1.07. The van der Waals surface area contributed by atoms with Gasteiger partial charge in [-0.2, -0.15) is 0 Å². The van der Waals surface area contributed by atoms with Gasteiger partial charge in [0.2, 0.25) is 5.78 Å². The highest BCUT2D eigenvalue weighted by Gasteiger charge is 2.29. The molecular formula is C8H12O5. The van der Waals surface area contributed by atoms with Crippen LogP contribution in [0.15, 0.2) is 11.5 Å². The molecule has 0 radical (unpaired) electrons. The molecule has 0 saturated heterocycles. The van der Waals surface area contributed by atoms with Crippen molar-refractivity contribution in [3.8, 4) is 0 Å². The number of hydrogen-bond donors (Lipinski definition) is 3. The van der Waals surface area contributed by atoms with E-state index in [4.69, 9.17) is 9.84 Å². The Balaban J connectivity index is 2.94. The molecule has 0 aliphatic carbocycles. The Morgan fingerprint density at radius 1 is 1.54 bits per heavy atom. The van der Waals surface area contributed by atoms with Crippen LogP contribution in [0.1, 0.15) is 6.92 Å². The molecule has 13 heavy (non-hydrogen) atoms. The van der Waals surface area contributed by atoms with Crippen molar-refractivity contribution in [2.24, 2.45) is 5.92 Å². The first-order valence-corrected chi connectivity index (χ1v) is 3.95. The van der Waals surface area contributed by atoms with Gasteiger partial charge < -0.3 is 20.1 Å². The molecule has 1 heterocycles. The Kier molecular flexibility index (Phi) is 2.90. The van der Waals surface area contributed by atoms with Crippen molar-refractivity contribution in [1.29, 1.82) is 0 Å². The maximum absolute atomic E-state index is 10.9. The van der Waals surface area contributed by atoms with Gasteiger partial charge in [0.1, 0.15) is 12.4 Å². The zero-order valence-corrected chi connectivity index (χ0v) is 7.23. The number of ether oxygens (including phenoxy) is 1. The second-order valence-corrected chi connectivity index (χ2v) is 3.02. The lowest BCUT2D eigenvalue weighted by atomic mass is 10.0. The summed E-state index contributed by atoms with van der Waals surface area (Å²) < 4.78 is 4.85. The second-order valence-electron chi connectivity index (χ2n) is 3.02. The summed E-state index contributed by atoms with van der Waals surface area (Å²) in [5.41, 5.74) is 0. The number of aliphatic hydroxyl groups excluding tert-OH is 3. The van der Waals surface area contributed by atoms with Gasteiger partial charge in [0.25, 0.3) is 0 Å². The average Bonchev–Trinajstić information content (AvgIpc) is 2.18. The summed E-state index contributed by atoms with van der Waals surface area (Å²) >= 11 is 0. The number of carbonyl (C=O) groups is 1. The van der Waals surface area contributed by atoms with E-state index in [0.717, 1.165) is 0 Å². The molecule has 1 aliphatic rings. The lowest BCUT2D eigenvalue weighted by molar-refractivity contribution is -0.122. The molecule has 5 nitrogen and oxygen atoms in total. The average molecular weight is 188 g/mol. The van der Waals surface area contributed by atoms with Crippen LogP contribution in [0, 0.1) is 5.92 Å². The number of hydrogen-bond acceptors (Lipinski definition) is 5. The Morgan fingerprint density at radius 2 is 2.15 bits per heavy atom. The molecular weight excluding hydrogens is 176 g/mol. The van der Waals surface area contributed by atoms with Crippen molar-refractivity contribution >= 4 is 5.78 Å². The molecule has 0 bridgehead atoms. The summed E-state index contributed by atoms with van der Waals surface area (Å²) in [5.74, 6) is -2.59. The predicted octanol–water partition coefficient (Wildman–Crippen LogP) is -0.0897. The van der Waals surface area contributed by atoms with Gasteiger partial charge in [-0.05, 0) is 6.92 Å². The summed E-state index contributed by atoms with van der Waals surface area (Å²) in [4.78, 5) is 10.9. The van der Waals surface area contributed by atoms with Gasteiger partial charge in [0.15, 0.2) is 5.76 Å². The molecule has 1 aliphatic heterocycles. The van der Waals surface area contributed by atoms with Crippen LogP contribution in [0.25, 0.3) is 0 Å². The first-order chi connectivity index (χ1) is 6.04. The maximum atomic E-state index is 10.9. The van der Waals surface area contributed by atoms with Gasteiger partial charge in [0.05, 0.1) is 18.6 Å². The SMILES string of the molecule is CC(O)C1COCC(=O)C(O)=C1O. The summed E-state index contributed by atoms with van der Waals surface area (Å²) in [5, 5.41) is 27.6. The molecule has 0 saturated carbocycles. The highest BCUT2D eigenvalue weighted by molar-refractivity contribution is 5.94. The third-order valence-corrected chi connectivity index (χ3v) is 1.97. The minimum atomic E-state index is -0.868. The molecule has 3 N–H and O–H groups in total. The van der Waals surface area contributed by atoms with Crippen LogP contribution in [0.3, 0.4) is 0 Å². The van der Waals surface area contributed by atoms with Crippen LogP contribution in [0.5, 0.6) is 0 Å². The van der Waals surface area contributed by atoms with Gasteiger partial charge in [-0.15, -0.1) is 0 Å². The van der Waals surface area contributed by atoms with Crippen molar-refractivity contribution in [3.05, 3.63) is 11.5 Å². The Labute approximate surface area is 75.3 Å². The van der Waals surface area contributed by atoms with E-state index >= 15 is 0 Å². The van der Waals surface area contributed by atoms with Crippen molar-refractivity contribution in [1.82, 2.24) is 0 Å². The van der Waals surface area contributed by atoms with Crippen molar-refractivity contribution in [3.63, 3.8) is 0 Å². The standard InChI is InChI=1S/C8H12O5/c1-4(9)5-2-13-3-6(10)8(12)7(5)11/h4-5,9,11-12H,2-3H2,1H3. The van der Waals surface area contributed by atoms with Crippen LogP contribution in [-0.2, 0) is 9.53 Å². The molecule has 0 aromatic heterocycles. The summed E-state index contributed by atoms with van der Waals surface area (Å²) in [7, 11) is 0. The zero-order chi connectivity index (χ0) is 10.0. The molecule has 0 aromatic rings. The van der Waals surface area contributed by atoms with E-state index in [2.05, 4.69) is 0 Å². The van der Waals surface area contributed by atoms with Crippen LogP contribution < -0.4 is 0 Å². The highest BCUT2D eigenvalue weighted by Crippen LogP contribution is 2.19. The summed E-state index contributed by atoms with van der Waals surface area (Å²) in [6, 6.07) is 0. The molecule has 0 fully saturated rings. The largest absolute Gasteiger partial charge is 0.508 e.